The van der Waals surface area contributed by atoms with E-state index in [4.69, 9.17) is 4.74 Å². The first-order valence-electron chi connectivity index (χ1n) is 7.91. The number of imide groups is 1. The Morgan fingerprint density at radius 2 is 1.71 bits per heavy atom. The number of allylic oxidation sites excluding steroid dienone is 2. The highest BCUT2D eigenvalue weighted by molar-refractivity contribution is 6.23. The van der Waals surface area contributed by atoms with Gasteiger partial charge in [-0.2, -0.15) is 0 Å². The summed E-state index contributed by atoms with van der Waals surface area (Å²) in [5, 5.41) is 10.9. The molecule has 2 bridgehead atoms. The second-order valence-corrected chi connectivity index (χ2v) is 6.47. The molecule has 124 valence electrons. The number of methoxy groups -OCH3 is 1. The molecule has 2 amide bonds. The second kappa shape index (κ2) is 5.15. The van der Waals surface area contributed by atoms with E-state index in [1.165, 1.54) is 25.3 Å². The molecular formula is C17H16N2O5. The minimum Gasteiger partial charge on any atom is -0.494 e. The van der Waals surface area contributed by atoms with Gasteiger partial charge < -0.3 is 4.74 Å². The Morgan fingerprint density at radius 3 is 2.17 bits per heavy atom. The van der Waals surface area contributed by atoms with Crippen molar-refractivity contribution in [2.45, 2.75) is 12.8 Å². The fourth-order valence-electron chi connectivity index (χ4n) is 4.28. The van der Waals surface area contributed by atoms with E-state index in [-0.39, 0.29) is 52.6 Å². The number of nitro benzene ring substituents is 1. The Bertz CT molecular complexity index is 755. The number of benzene rings is 1. The van der Waals surface area contributed by atoms with Crippen LogP contribution >= 0.6 is 0 Å². The SMILES string of the molecule is COc1cc([N+](=O)[O-])ccc1N1C(=O)[C@@H]2[C@@H](C1=O)[C@H]1C=C[C@@H]2CC1. The largest absolute Gasteiger partial charge is 0.494 e. The quantitative estimate of drug-likeness (QED) is 0.367. The zero-order valence-corrected chi connectivity index (χ0v) is 13.0. The van der Waals surface area contributed by atoms with E-state index in [0.717, 1.165) is 17.7 Å². The summed E-state index contributed by atoms with van der Waals surface area (Å²) in [4.78, 5) is 37.4. The third-order valence-corrected chi connectivity index (χ3v) is 5.37. The molecule has 4 atom stereocenters. The van der Waals surface area contributed by atoms with E-state index in [1.54, 1.807) is 0 Å². The maximum absolute atomic E-state index is 12.9. The molecule has 2 fully saturated rings. The van der Waals surface area contributed by atoms with Gasteiger partial charge in [-0.25, -0.2) is 4.90 Å². The number of hydrogen-bond acceptors (Lipinski definition) is 5. The van der Waals surface area contributed by atoms with Crippen LogP contribution in [-0.2, 0) is 9.59 Å². The van der Waals surface area contributed by atoms with E-state index >= 15 is 0 Å². The van der Waals surface area contributed by atoms with Gasteiger partial charge in [0.05, 0.1) is 35.6 Å². The Labute approximate surface area is 138 Å². The number of fused-ring (bicyclic) bond motifs is 1. The van der Waals surface area contributed by atoms with Crippen LogP contribution in [0.5, 0.6) is 5.75 Å². The Morgan fingerprint density at radius 1 is 1.12 bits per heavy atom. The maximum Gasteiger partial charge on any atom is 0.273 e. The summed E-state index contributed by atoms with van der Waals surface area (Å²) >= 11 is 0. The fourth-order valence-corrected chi connectivity index (χ4v) is 4.28. The van der Waals surface area contributed by atoms with E-state index < -0.39 is 4.92 Å². The molecule has 1 aromatic carbocycles. The number of carbonyl (C=O) groups is 2. The normalized spacial score (nSPS) is 30.6. The average molecular weight is 328 g/mol. The molecule has 1 saturated carbocycles. The molecule has 24 heavy (non-hydrogen) atoms. The van der Waals surface area contributed by atoms with Crippen molar-refractivity contribution in [3.05, 3.63) is 40.5 Å². The highest BCUT2D eigenvalue weighted by atomic mass is 16.6. The lowest BCUT2D eigenvalue weighted by Crippen LogP contribution is -2.38. The molecule has 7 nitrogen and oxygen atoms in total. The van der Waals surface area contributed by atoms with Crippen LogP contribution in [0.3, 0.4) is 0 Å². The first kappa shape index (κ1) is 14.9. The lowest BCUT2D eigenvalue weighted by molar-refractivity contribution is -0.384. The maximum atomic E-state index is 12.9. The molecular weight excluding hydrogens is 312 g/mol. The van der Waals surface area contributed by atoms with Crippen LogP contribution in [0.2, 0.25) is 0 Å². The molecule has 5 rings (SSSR count). The van der Waals surface area contributed by atoms with Crippen molar-refractivity contribution < 1.29 is 19.2 Å². The number of hydrogen-bond donors (Lipinski definition) is 0. The van der Waals surface area contributed by atoms with Crippen molar-refractivity contribution in [3.8, 4) is 5.75 Å². The number of non-ortho nitro benzene ring substituents is 1. The van der Waals surface area contributed by atoms with Crippen molar-refractivity contribution in [3.63, 3.8) is 0 Å². The van der Waals surface area contributed by atoms with E-state index in [1.807, 2.05) is 0 Å². The van der Waals surface area contributed by atoms with Crippen LogP contribution in [0.4, 0.5) is 11.4 Å². The highest BCUT2D eigenvalue weighted by Crippen LogP contribution is 2.51. The average Bonchev–Trinajstić information content (AvgIpc) is 2.88. The van der Waals surface area contributed by atoms with Crippen LogP contribution in [0, 0.1) is 33.8 Å². The number of carbonyl (C=O) groups excluding carboxylic acids is 2. The fraction of sp³-hybridized carbons (Fsp3) is 0.412. The van der Waals surface area contributed by atoms with Gasteiger partial charge in [0.15, 0.2) is 0 Å². The summed E-state index contributed by atoms with van der Waals surface area (Å²) < 4.78 is 5.20. The monoisotopic (exact) mass is 328 g/mol. The van der Waals surface area contributed by atoms with Gasteiger partial charge in [0.25, 0.3) is 5.69 Å². The van der Waals surface area contributed by atoms with Gasteiger partial charge in [-0.15, -0.1) is 0 Å². The number of amides is 2. The molecule has 0 radical (unpaired) electrons. The summed E-state index contributed by atoms with van der Waals surface area (Å²) in [7, 11) is 1.37. The molecule has 1 aromatic rings. The van der Waals surface area contributed by atoms with Crippen LogP contribution in [0.1, 0.15) is 12.8 Å². The van der Waals surface area contributed by atoms with Crippen molar-refractivity contribution in [2.75, 3.05) is 12.0 Å². The first-order chi connectivity index (χ1) is 11.5. The van der Waals surface area contributed by atoms with Crippen molar-refractivity contribution in [2.24, 2.45) is 23.7 Å². The number of anilines is 1. The smallest absolute Gasteiger partial charge is 0.273 e. The molecule has 0 N–H and O–H groups in total. The van der Waals surface area contributed by atoms with Crippen LogP contribution in [0.15, 0.2) is 30.4 Å². The van der Waals surface area contributed by atoms with Gasteiger partial charge in [-0.1, -0.05) is 12.2 Å². The number of ether oxygens (including phenoxy) is 1. The Hall–Kier alpha value is -2.70. The van der Waals surface area contributed by atoms with Gasteiger partial charge in [-0.05, 0) is 30.7 Å². The topological polar surface area (TPSA) is 89.8 Å². The van der Waals surface area contributed by atoms with Crippen molar-refractivity contribution in [1.29, 1.82) is 0 Å². The van der Waals surface area contributed by atoms with Gasteiger partial charge in [0, 0.05) is 6.07 Å². The summed E-state index contributed by atoms with van der Waals surface area (Å²) in [6.07, 6.45) is 5.95. The van der Waals surface area contributed by atoms with Gasteiger partial charge in [-0.3, -0.25) is 19.7 Å². The number of nitrogens with zero attached hydrogens (tertiary/aromatic N) is 2. The molecule has 4 aliphatic rings. The van der Waals surface area contributed by atoms with Crippen LogP contribution in [-0.4, -0.2) is 23.8 Å². The Balaban J connectivity index is 1.77. The summed E-state index contributed by atoms with van der Waals surface area (Å²) in [6.45, 7) is 0. The van der Waals surface area contributed by atoms with Gasteiger partial charge in [0.1, 0.15) is 5.75 Å². The lowest BCUT2D eigenvalue weighted by atomic mass is 9.63. The standard InChI is InChI=1S/C17H16N2O5/c1-24-13-8-11(19(22)23)6-7-12(13)18-16(20)14-9-2-3-10(5-4-9)15(14)17(18)21/h2-3,6-10,14-15H,4-5H2,1H3/t9-,10+,14-,15-/m0/s1. The molecule has 0 spiro atoms. The number of nitro groups is 1. The molecule has 3 aliphatic carbocycles. The predicted octanol–water partition coefficient (Wildman–Crippen LogP) is 2.30. The minimum absolute atomic E-state index is 0.102. The van der Waals surface area contributed by atoms with Crippen molar-refractivity contribution in [1.82, 2.24) is 0 Å². The summed E-state index contributed by atoms with van der Waals surface area (Å²) in [5.74, 6) is -0.726. The molecule has 1 aliphatic heterocycles. The third kappa shape index (κ3) is 1.90. The van der Waals surface area contributed by atoms with Crippen molar-refractivity contribution >= 4 is 23.2 Å². The summed E-state index contributed by atoms with van der Waals surface area (Å²) in [5.41, 5.74) is 0.140. The Kier molecular flexibility index (Phi) is 3.19. The summed E-state index contributed by atoms with van der Waals surface area (Å²) in [6, 6.07) is 3.94. The number of rotatable bonds is 3. The third-order valence-electron chi connectivity index (χ3n) is 5.37. The van der Waals surface area contributed by atoms with E-state index in [0.29, 0.717) is 0 Å². The van der Waals surface area contributed by atoms with Gasteiger partial charge >= 0.3 is 0 Å². The zero-order chi connectivity index (χ0) is 17.0. The van der Waals surface area contributed by atoms with Gasteiger partial charge in [0.2, 0.25) is 11.8 Å². The second-order valence-electron chi connectivity index (χ2n) is 6.47. The minimum atomic E-state index is -0.538. The van der Waals surface area contributed by atoms with Crippen LogP contribution in [0.25, 0.3) is 0 Å². The zero-order valence-electron chi connectivity index (χ0n) is 13.0. The molecule has 7 heteroatoms. The molecule has 1 heterocycles. The predicted molar refractivity (Wildman–Crippen MR) is 84.5 cm³/mol. The van der Waals surface area contributed by atoms with E-state index in [2.05, 4.69) is 12.2 Å². The van der Waals surface area contributed by atoms with Crippen LogP contribution < -0.4 is 9.64 Å². The molecule has 0 aromatic heterocycles. The molecule has 0 unspecified atom stereocenters. The molecule has 1 saturated heterocycles. The van der Waals surface area contributed by atoms with E-state index in [9.17, 15) is 19.7 Å². The lowest BCUT2D eigenvalue weighted by Gasteiger charge is -2.38. The first-order valence-corrected chi connectivity index (χ1v) is 7.91. The highest BCUT2D eigenvalue weighted by Gasteiger charge is 2.57.